The Morgan fingerprint density at radius 3 is 2.23 bits per heavy atom. The van der Waals surface area contributed by atoms with Gasteiger partial charge in [0.05, 0.1) is 0 Å². The highest BCUT2D eigenvalue weighted by molar-refractivity contribution is 5.85. The third-order valence-electron chi connectivity index (χ3n) is 1.79. The topological polar surface area (TPSA) is 39.2 Å². The van der Waals surface area contributed by atoms with E-state index in [4.69, 9.17) is 10.2 Å². The lowest BCUT2D eigenvalue weighted by atomic mass is 10.2. The molecular formula is C8H12ClF2NO. The van der Waals surface area contributed by atoms with Gasteiger partial charge in [-0.25, -0.2) is 8.78 Å². The van der Waals surface area contributed by atoms with Crippen molar-refractivity contribution in [3.63, 3.8) is 0 Å². The van der Waals surface area contributed by atoms with Crippen LogP contribution in [0.15, 0.2) is 10.5 Å². The second-order valence-electron chi connectivity index (χ2n) is 2.75. The molecule has 1 heterocycles. The molecule has 0 bridgehead atoms. The molecule has 0 aliphatic rings. The van der Waals surface area contributed by atoms with E-state index in [1.807, 2.05) is 0 Å². The quantitative estimate of drug-likeness (QED) is 0.817. The van der Waals surface area contributed by atoms with Gasteiger partial charge in [0, 0.05) is 0 Å². The summed E-state index contributed by atoms with van der Waals surface area (Å²) in [5.74, 6) is 0.793. The molecule has 1 atom stereocenters. The van der Waals surface area contributed by atoms with E-state index in [1.165, 1.54) is 0 Å². The lowest BCUT2D eigenvalue weighted by Gasteiger charge is -2.05. The number of alkyl halides is 2. The van der Waals surface area contributed by atoms with Gasteiger partial charge in [-0.1, -0.05) is 0 Å². The molecule has 2 N–H and O–H groups in total. The summed E-state index contributed by atoms with van der Waals surface area (Å²) in [6.45, 7) is 3.51. The normalized spacial score (nSPS) is 12.8. The first-order valence-corrected chi connectivity index (χ1v) is 3.63. The van der Waals surface area contributed by atoms with Crippen molar-refractivity contribution in [3.8, 4) is 0 Å². The third kappa shape index (κ3) is 2.67. The van der Waals surface area contributed by atoms with Crippen molar-refractivity contribution >= 4 is 12.4 Å². The number of aryl methyl sites for hydroxylation is 2. The van der Waals surface area contributed by atoms with Gasteiger partial charge in [-0.05, 0) is 25.5 Å². The van der Waals surface area contributed by atoms with Crippen LogP contribution in [-0.4, -0.2) is 6.43 Å². The average molecular weight is 212 g/mol. The van der Waals surface area contributed by atoms with Gasteiger partial charge in [-0.2, -0.15) is 0 Å². The van der Waals surface area contributed by atoms with Crippen molar-refractivity contribution in [2.75, 3.05) is 0 Å². The molecular weight excluding hydrogens is 200 g/mol. The van der Waals surface area contributed by atoms with Crippen LogP contribution in [-0.2, 0) is 0 Å². The third-order valence-corrected chi connectivity index (χ3v) is 1.79. The molecule has 0 saturated carbocycles. The van der Waals surface area contributed by atoms with Crippen molar-refractivity contribution in [1.29, 1.82) is 0 Å². The molecule has 13 heavy (non-hydrogen) atoms. The van der Waals surface area contributed by atoms with Gasteiger partial charge in [-0.3, -0.25) is 0 Å². The lowest BCUT2D eigenvalue weighted by molar-refractivity contribution is 0.106. The Kier molecular flexibility index (Phi) is 4.36. The molecule has 76 valence electrons. The van der Waals surface area contributed by atoms with Gasteiger partial charge in [0.15, 0.2) is 0 Å². The zero-order valence-electron chi connectivity index (χ0n) is 7.38. The molecule has 0 radical (unpaired) electrons. The number of furan rings is 1. The van der Waals surface area contributed by atoms with Gasteiger partial charge in [0.2, 0.25) is 0 Å². The van der Waals surface area contributed by atoms with Crippen LogP contribution in [0.25, 0.3) is 0 Å². The molecule has 1 aromatic rings. The van der Waals surface area contributed by atoms with Gasteiger partial charge in [0.25, 0.3) is 6.43 Å². The maximum atomic E-state index is 12.1. The number of rotatable bonds is 2. The smallest absolute Gasteiger partial charge is 0.260 e. The highest BCUT2D eigenvalue weighted by Gasteiger charge is 2.21. The molecule has 0 amide bonds. The highest BCUT2D eigenvalue weighted by atomic mass is 35.5. The fourth-order valence-corrected chi connectivity index (χ4v) is 0.890. The van der Waals surface area contributed by atoms with Gasteiger partial charge in [0.1, 0.15) is 17.6 Å². The monoisotopic (exact) mass is 211 g/mol. The van der Waals surface area contributed by atoms with E-state index in [0.717, 1.165) is 5.56 Å². The summed E-state index contributed by atoms with van der Waals surface area (Å²) < 4.78 is 29.2. The molecule has 0 fully saturated rings. The average Bonchev–Trinajstić information content (AvgIpc) is 2.30. The van der Waals surface area contributed by atoms with Crippen molar-refractivity contribution in [1.82, 2.24) is 0 Å². The summed E-state index contributed by atoms with van der Waals surface area (Å²) in [6, 6.07) is 0.240. The molecule has 0 saturated heterocycles. The first-order valence-electron chi connectivity index (χ1n) is 3.63. The van der Waals surface area contributed by atoms with Crippen LogP contribution >= 0.6 is 12.4 Å². The summed E-state index contributed by atoms with van der Waals surface area (Å²) in [5, 5.41) is 0. The predicted octanol–water partition coefficient (Wildman–Crippen LogP) is 2.58. The van der Waals surface area contributed by atoms with E-state index in [2.05, 4.69) is 0 Å². The first kappa shape index (κ1) is 12.4. The molecule has 5 heteroatoms. The molecule has 1 aromatic heterocycles. The number of hydrogen-bond donors (Lipinski definition) is 1. The summed E-state index contributed by atoms with van der Waals surface area (Å²) in [4.78, 5) is 0. The molecule has 1 rings (SSSR count). The Hall–Kier alpha value is -0.610. The number of nitrogens with two attached hydrogens (primary N) is 1. The molecule has 0 spiro atoms. The van der Waals surface area contributed by atoms with Crippen molar-refractivity contribution < 1.29 is 13.2 Å². The highest BCUT2D eigenvalue weighted by Crippen LogP contribution is 2.22. The Morgan fingerprint density at radius 2 is 1.92 bits per heavy atom. The zero-order valence-corrected chi connectivity index (χ0v) is 8.20. The summed E-state index contributed by atoms with van der Waals surface area (Å²) in [7, 11) is 0. The minimum atomic E-state index is -2.57. The predicted molar refractivity (Wildman–Crippen MR) is 48.4 cm³/mol. The zero-order chi connectivity index (χ0) is 9.30. The first-order chi connectivity index (χ1) is 5.52. The Labute approximate surface area is 81.5 Å². The van der Waals surface area contributed by atoms with E-state index in [9.17, 15) is 8.78 Å². The van der Waals surface area contributed by atoms with E-state index in [-0.39, 0.29) is 18.2 Å². The Bertz CT molecular complexity index is 256. The van der Waals surface area contributed by atoms with Crippen LogP contribution in [0.2, 0.25) is 0 Å². The Morgan fingerprint density at radius 1 is 1.38 bits per heavy atom. The van der Waals surface area contributed by atoms with Gasteiger partial charge in [-0.15, -0.1) is 12.4 Å². The van der Waals surface area contributed by atoms with Crippen LogP contribution in [0.3, 0.4) is 0 Å². The minimum Gasteiger partial charge on any atom is -0.464 e. The van der Waals surface area contributed by atoms with Crippen LogP contribution in [0.4, 0.5) is 8.78 Å². The molecule has 2 nitrogen and oxygen atoms in total. The molecule has 0 aliphatic carbocycles. The SMILES string of the molecule is Cc1cc([C@H](N)C(F)F)oc1C.Cl. The second-order valence-corrected chi connectivity index (χ2v) is 2.75. The van der Waals surface area contributed by atoms with Crippen LogP contribution < -0.4 is 5.73 Å². The van der Waals surface area contributed by atoms with E-state index < -0.39 is 12.5 Å². The van der Waals surface area contributed by atoms with E-state index >= 15 is 0 Å². The Balaban J connectivity index is 0.00000144. The maximum Gasteiger partial charge on any atom is 0.260 e. The largest absolute Gasteiger partial charge is 0.464 e. The molecule has 0 aromatic carbocycles. The van der Waals surface area contributed by atoms with Crippen molar-refractivity contribution in [3.05, 3.63) is 23.2 Å². The van der Waals surface area contributed by atoms with Gasteiger partial charge >= 0.3 is 0 Å². The molecule has 0 unspecified atom stereocenters. The summed E-state index contributed by atoms with van der Waals surface area (Å²) in [5.41, 5.74) is 6.02. The number of hydrogen-bond acceptors (Lipinski definition) is 2. The molecule has 0 aliphatic heterocycles. The summed E-state index contributed by atoms with van der Waals surface area (Å²) >= 11 is 0. The lowest BCUT2D eigenvalue weighted by Crippen LogP contribution is -2.17. The minimum absolute atomic E-state index is 0. The second kappa shape index (κ2) is 4.58. The van der Waals surface area contributed by atoms with E-state index in [1.54, 1.807) is 19.9 Å². The van der Waals surface area contributed by atoms with Crippen molar-refractivity contribution in [2.24, 2.45) is 5.73 Å². The number of halogens is 3. The van der Waals surface area contributed by atoms with E-state index in [0.29, 0.717) is 5.76 Å². The maximum absolute atomic E-state index is 12.1. The van der Waals surface area contributed by atoms with Crippen LogP contribution in [0, 0.1) is 13.8 Å². The fourth-order valence-electron chi connectivity index (χ4n) is 0.890. The standard InChI is InChI=1S/C8H11F2NO.ClH/c1-4-3-6(12-5(4)2)7(11)8(9)10;/h3,7-8H,11H2,1-2H3;1H/t7-;/m0./s1. The summed E-state index contributed by atoms with van der Waals surface area (Å²) in [6.07, 6.45) is -2.57. The van der Waals surface area contributed by atoms with Gasteiger partial charge < -0.3 is 10.2 Å². The van der Waals surface area contributed by atoms with Crippen molar-refractivity contribution in [2.45, 2.75) is 26.3 Å². The fraction of sp³-hybridized carbons (Fsp3) is 0.500. The van der Waals surface area contributed by atoms with Crippen LogP contribution in [0.1, 0.15) is 23.1 Å². The van der Waals surface area contributed by atoms with Crippen LogP contribution in [0.5, 0.6) is 0 Å².